The van der Waals surface area contributed by atoms with Crippen molar-refractivity contribution in [2.24, 2.45) is 0 Å². The molecule has 0 radical (unpaired) electrons. The fraction of sp³-hybridized carbons (Fsp3) is 0.455. The lowest BCUT2D eigenvalue weighted by Crippen LogP contribution is -2.33. The maximum absolute atomic E-state index is 11.7. The van der Waals surface area contributed by atoms with Crippen molar-refractivity contribution in [3.05, 3.63) is 30.1 Å². The van der Waals surface area contributed by atoms with Crippen LogP contribution >= 0.6 is 11.6 Å². The van der Waals surface area contributed by atoms with Crippen molar-refractivity contribution in [2.45, 2.75) is 31.7 Å². The summed E-state index contributed by atoms with van der Waals surface area (Å²) in [5.41, 5.74) is 0.624. The Balaban J connectivity index is 2.49. The summed E-state index contributed by atoms with van der Waals surface area (Å²) in [5, 5.41) is 2.94. The van der Waals surface area contributed by atoms with Gasteiger partial charge >= 0.3 is 0 Å². The number of amides is 1. The van der Waals surface area contributed by atoms with Crippen LogP contribution in [0, 0.1) is 0 Å². The minimum atomic E-state index is -0.0813. The van der Waals surface area contributed by atoms with E-state index in [0.29, 0.717) is 5.56 Å². The van der Waals surface area contributed by atoms with Gasteiger partial charge in [0.1, 0.15) is 0 Å². The van der Waals surface area contributed by atoms with Crippen LogP contribution in [0.15, 0.2) is 24.5 Å². The number of alkyl halides is 1. The van der Waals surface area contributed by atoms with E-state index in [1.54, 1.807) is 24.5 Å². The average Bonchev–Trinajstić information content (AvgIpc) is 2.17. The minimum absolute atomic E-state index is 0.0674. The molecule has 1 heterocycles. The molecular formula is C11H15ClN2O. The van der Waals surface area contributed by atoms with E-state index in [0.717, 1.165) is 6.42 Å². The second-order valence-electron chi connectivity index (χ2n) is 3.63. The van der Waals surface area contributed by atoms with Crippen molar-refractivity contribution in [1.29, 1.82) is 0 Å². The summed E-state index contributed by atoms with van der Waals surface area (Å²) in [6, 6.07) is 3.46. The number of nitrogens with zero attached hydrogens (tertiary/aromatic N) is 1. The number of hydrogen-bond donors (Lipinski definition) is 1. The summed E-state index contributed by atoms with van der Waals surface area (Å²) in [7, 11) is 0. The fourth-order valence-corrected chi connectivity index (χ4v) is 1.62. The molecule has 0 saturated carbocycles. The number of aromatic nitrogens is 1. The summed E-state index contributed by atoms with van der Waals surface area (Å²) >= 11 is 5.84. The molecule has 2 atom stereocenters. The first kappa shape index (κ1) is 12.0. The van der Waals surface area contributed by atoms with E-state index < -0.39 is 0 Å². The zero-order valence-corrected chi connectivity index (χ0v) is 9.66. The van der Waals surface area contributed by atoms with Crippen LogP contribution in [0.5, 0.6) is 0 Å². The molecule has 0 saturated heterocycles. The van der Waals surface area contributed by atoms with Gasteiger partial charge in [-0.3, -0.25) is 9.78 Å². The van der Waals surface area contributed by atoms with Gasteiger partial charge in [0.25, 0.3) is 5.91 Å². The van der Waals surface area contributed by atoms with Crippen LogP contribution in [0.2, 0.25) is 0 Å². The first-order valence-corrected chi connectivity index (χ1v) is 5.38. The smallest absolute Gasteiger partial charge is 0.251 e. The van der Waals surface area contributed by atoms with Gasteiger partial charge in [-0.05, 0) is 32.4 Å². The number of halogens is 1. The topological polar surface area (TPSA) is 42.0 Å². The Morgan fingerprint density at radius 3 is 2.60 bits per heavy atom. The van der Waals surface area contributed by atoms with Gasteiger partial charge in [0, 0.05) is 29.4 Å². The molecular weight excluding hydrogens is 212 g/mol. The third-order valence-corrected chi connectivity index (χ3v) is 2.18. The van der Waals surface area contributed by atoms with Gasteiger partial charge in [-0.25, -0.2) is 0 Å². The molecule has 2 unspecified atom stereocenters. The van der Waals surface area contributed by atoms with Gasteiger partial charge in [0.15, 0.2) is 0 Å². The lowest BCUT2D eigenvalue weighted by atomic mass is 10.1. The molecule has 0 aliphatic rings. The zero-order chi connectivity index (χ0) is 11.3. The summed E-state index contributed by atoms with van der Waals surface area (Å²) in [4.78, 5) is 15.5. The van der Waals surface area contributed by atoms with Crippen LogP contribution in [0.1, 0.15) is 30.6 Å². The van der Waals surface area contributed by atoms with Crippen LogP contribution in [-0.4, -0.2) is 22.3 Å². The van der Waals surface area contributed by atoms with E-state index >= 15 is 0 Å². The molecule has 1 N–H and O–H groups in total. The highest BCUT2D eigenvalue weighted by Crippen LogP contribution is 2.05. The Hall–Kier alpha value is -1.09. The van der Waals surface area contributed by atoms with Crippen LogP contribution in [0.4, 0.5) is 0 Å². The highest BCUT2D eigenvalue weighted by molar-refractivity contribution is 6.20. The maximum Gasteiger partial charge on any atom is 0.251 e. The molecule has 0 aromatic carbocycles. The molecule has 15 heavy (non-hydrogen) atoms. The van der Waals surface area contributed by atoms with Gasteiger partial charge in [-0.1, -0.05) is 0 Å². The van der Waals surface area contributed by atoms with Gasteiger partial charge in [-0.2, -0.15) is 0 Å². The van der Waals surface area contributed by atoms with Gasteiger partial charge < -0.3 is 5.32 Å². The summed E-state index contributed by atoms with van der Waals surface area (Å²) in [6.07, 6.45) is 3.96. The normalized spacial score (nSPS) is 14.3. The molecule has 1 aromatic heterocycles. The summed E-state index contributed by atoms with van der Waals surface area (Å²) in [5.74, 6) is -0.0813. The maximum atomic E-state index is 11.7. The predicted octanol–water partition coefficient (Wildman–Crippen LogP) is 2.22. The van der Waals surface area contributed by atoms with Crippen molar-refractivity contribution in [3.63, 3.8) is 0 Å². The van der Waals surface area contributed by atoms with Crippen molar-refractivity contribution < 1.29 is 4.79 Å². The lowest BCUT2D eigenvalue weighted by molar-refractivity contribution is 0.0938. The number of carbonyl (C=O) groups excluding carboxylic acids is 1. The molecule has 3 nitrogen and oxygen atoms in total. The quantitative estimate of drug-likeness (QED) is 0.800. The standard InChI is InChI=1S/C11H15ClN2O/c1-8(12)7-9(2)14-11(15)10-3-5-13-6-4-10/h3-6,8-9H,7H2,1-2H3,(H,14,15). The molecule has 0 aliphatic carbocycles. The number of hydrogen-bond acceptors (Lipinski definition) is 2. The van der Waals surface area contributed by atoms with Crippen molar-refractivity contribution in [1.82, 2.24) is 10.3 Å². The van der Waals surface area contributed by atoms with Crippen LogP contribution in [-0.2, 0) is 0 Å². The molecule has 1 aromatic rings. The Morgan fingerprint density at radius 2 is 2.07 bits per heavy atom. The van der Waals surface area contributed by atoms with E-state index in [4.69, 9.17) is 11.6 Å². The van der Waals surface area contributed by atoms with E-state index in [2.05, 4.69) is 10.3 Å². The van der Waals surface area contributed by atoms with E-state index in [9.17, 15) is 4.79 Å². The molecule has 1 rings (SSSR count). The second-order valence-corrected chi connectivity index (χ2v) is 4.37. The molecule has 4 heteroatoms. The number of rotatable bonds is 4. The van der Waals surface area contributed by atoms with E-state index in [-0.39, 0.29) is 17.3 Å². The molecule has 0 aliphatic heterocycles. The average molecular weight is 227 g/mol. The predicted molar refractivity (Wildman–Crippen MR) is 61.1 cm³/mol. The van der Waals surface area contributed by atoms with Crippen LogP contribution in [0.25, 0.3) is 0 Å². The van der Waals surface area contributed by atoms with E-state index in [1.165, 1.54) is 0 Å². The monoisotopic (exact) mass is 226 g/mol. The highest BCUT2D eigenvalue weighted by Gasteiger charge is 2.10. The highest BCUT2D eigenvalue weighted by atomic mass is 35.5. The molecule has 0 spiro atoms. The SMILES string of the molecule is CC(Cl)CC(C)NC(=O)c1ccncc1. The molecule has 82 valence electrons. The number of carbonyl (C=O) groups is 1. The Morgan fingerprint density at radius 1 is 1.47 bits per heavy atom. The fourth-order valence-electron chi connectivity index (χ4n) is 1.36. The number of pyridine rings is 1. The number of nitrogens with one attached hydrogen (secondary N) is 1. The first-order chi connectivity index (χ1) is 7.09. The first-order valence-electron chi connectivity index (χ1n) is 4.94. The van der Waals surface area contributed by atoms with Crippen LogP contribution in [0.3, 0.4) is 0 Å². The van der Waals surface area contributed by atoms with Crippen LogP contribution < -0.4 is 5.32 Å². The van der Waals surface area contributed by atoms with Crippen molar-refractivity contribution in [2.75, 3.05) is 0 Å². The van der Waals surface area contributed by atoms with Crippen molar-refractivity contribution in [3.8, 4) is 0 Å². The zero-order valence-electron chi connectivity index (χ0n) is 8.90. The third-order valence-electron chi connectivity index (χ3n) is 2.00. The lowest BCUT2D eigenvalue weighted by Gasteiger charge is -2.14. The third kappa shape index (κ3) is 4.30. The summed E-state index contributed by atoms with van der Waals surface area (Å²) < 4.78 is 0. The Bertz CT molecular complexity index is 314. The molecule has 0 bridgehead atoms. The largest absolute Gasteiger partial charge is 0.350 e. The Kier molecular flexibility index (Phi) is 4.56. The molecule has 0 fully saturated rings. The molecule has 1 amide bonds. The van der Waals surface area contributed by atoms with Gasteiger partial charge in [0.2, 0.25) is 0 Å². The van der Waals surface area contributed by atoms with E-state index in [1.807, 2.05) is 13.8 Å². The van der Waals surface area contributed by atoms with Gasteiger partial charge in [-0.15, -0.1) is 11.6 Å². The second kappa shape index (κ2) is 5.71. The Labute approximate surface area is 94.9 Å². The van der Waals surface area contributed by atoms with Gasteiger partial charge in [0.05, 0.1) is 0 Å². The summed E-state index contributed by atoms with van der Waals surface area (Å²) in [6.45, 7) is 3.86. The van der Waals surface area contributed by atoms with Crippen molar-refractivity contribution >= 4 is 17.5 Å². The minimum Gasteiger partial charge on any atom is -0.350 e.